The van der Waals surface area contributed by atoms with Gasteiger partial charge in [-0.2, -0.15) is 10.2 Å². The number of hydrogen-bond donors (Lipinski definition) is 0. The van der Waals surface area contributed by atoms with Crippen molar-refractivity contribution in [1.29, 1.82) is 0 Å². The maximum Gasteiger partial charge on any atom is 0.0632 e. The number of aryl methyl sites for hydroxylation is 2. The first-order valence-electron chi connectivity index (χ1n) is 4.61. The number of aromatic nitrogens is 2. The summed E-state index contributed by atoms with van der Waals surface area (Å²) in [6.07, 6.45) is 6.77. The Morgan fingerprint density at radius 2 is 2.17 bits per heavy atom. The molecule has 0 unspecified atom stereocenters. The fraction of sp³-hybridized carbons (Fsp3) is 0.600. The molecule has 0 saturated heterocycles. The molecule has 0 fully saturated rings. The molecule has 12 heavy (non-hydrogen) atoms. The maximum atomic E-state index is 4.01. The monoisotopic (exact) mass is 164 g/mol. The van der Waals surface area contributed by atoms with Gasteiger partial charge in [0.05, 0.1) is 5.69 Å². The average molecular weight is 164 g/mol. The Kier molecular flexibility index (Phi) is 3.71. The predicted octanol–water partition coefficient (Wildman–Crippen LogP) is 2.52. The quantitative estimate of drug-likeness (QED) is 0.639. The van der Waals surface area contributed by atoms with Gasteiger partial charge in [0.1, 0.15) is 0 Å². The molecule has 1 aromatic heterocycles. The topological polar surface area (TPSA) is 25.8 Å². The van der Waals surface area contributed by atoms with Gasteiger partial charge in [0.2, 0.25) is 0 Å². The van der Waals surface area contributed by atoms with E-state index in [1.807, 2.05) is 6.92 Å². The lowest BCUT2D eigenvalue weighted by Crippen LogP contribution is -1.94. The molecule has 1 heterocycles. The number of rotatable bonds is 4. The van der Waals surface area contributed by atoms with Crippen molar-refractivity contribution >= 4 is 0 Å². The minimum atomic E-state index is 1.08. The Bertz CT molecular complexity index is 233. The molecule has 0 radical (unpaired) electrons. The summed E-state index contributed by atoms with van der Waals surface area (Å²) >= 11 is 0. The van der Waals surface area contributed by atoms with Crippen LogP contribution in [0.25, 0.3) is 0 Å². The first kappa shape index (κ1) is 9.17. The smallest absolute Gasteiger partial charge is 0.0632 e. The maximum absolute atomic E-state index is 4.01. The lowest BCUT2D eigenvalue weighted by atomic mass is 10.1. The van der Waals surface area contributed by atoms with E-state index in [-0.39, 0.29) is 0 Å². The van der Waals surface area contributed by atoms with Crippen molar-refractivity contribution in [3.05, 3.63) is 23.5 Å². The van der Waals surface area contributed by atoms with Crippen molar-refractivity contribution in [3.8, 4) is 0 Å². The van der Waals surface area contributed by atoms with Crippen LogP contribution in [-0.4, -0.2) is 10.2 Å². The Morgan fingerprint density at radius 1 is 1.33 bits per heavy atom. The van der Waals surface area contributed by atoms with Gasteiger partial charge in [-0.1, -0.05) is 19.8 Å². The van der Waals surface area contributed by atoms with Crippen molar-refractivity contribution in [2.45, 2.75) is 39.5 Å². The van der Waals surface area contributed by atoms with E-state index in [0.717, 1.165) is 12.1 Å². The zero-order valence-corrected chi connectivity index (χ0v) is 7.88. The van der Waals surface area contributed by atoms with E-state index in [4.69, 9.17) is 0 Å². The van der Waals surface area contributed by atoms with E-state index in [2.05, 4.69) is 23.2 Å². The molecular weight excluding hydrogens is 148 g/mol. The van der Waals surface area contributed by atoms with E-state index >= 15 is 0 Å². The van der Waals surface area contributed by atoms with E-state index < -0.39 is 0 Å². The second-order valence-corrected chi connectivity index (χ2v) is 3.10. The molecular formula is C10H16N2. The van der Waals surface area contributed by atoms with E-state index in [1.54, 1.807) is 6.20 Å². The lowest BCUT2D eigenvalue weighted by molar-refractivity contribution is 0.710. The summed E-state index contributed by atoms with van der Waals surface area (Å²) in [4.78, 5) is 0. The zero-order chi connectivity index (χ0) is 8.81. The molecule has 1 rings (SSSR count). The minimum absolute atomic E-state index is 1.08. The molecule has 0 amide bonds. The number of nitrogens with zero attached hydrogens (tertiary/aromatic N) is 2. The molecule has 2 heteroatoms. The molecule has 66 valence electrons. The highest BCUT2D eigenvalue weighted by Crippen LogP contribution is 2.07. The standard InChI is InChI=1S/C10H16N2/c1-3-4-5-6-10-7-8-11-12-9(10)2/h7-8H,3-6H2,1-2H3. The van der Waals surface area contributed by atoms with Gasteiger partial charge < -0.3 is 0 Å². The number of unbranched alkanes of at least 4 members (excludes halogenated alkanes) is 2. The van der Waals surface area contributed by atoms with Crippen LogP contribution in [0.2, 0.25) is 0 Å². The second-order valence-electron chi connectivity index (χ2n) is 3.10. The second kappa shape index (κ2) is 4.86. The third-order valence-corrected chi connectivity index (χ3v) is 2.06. The highest BCUT2D eigenvalue weighted by atomic mass is 15.1. The molecule has 0 spiro atoms. The lowest BCUT2D eigenvalue weighted by Gasteiger charge is -2.01. The van der Waals surface area contributed by atoms with Crippen LogP contribution in [0.1, 0.15) is 37.4 Å². The van der Waals surface area contributed by atoms with Crippen LogP contribution in [-0.2, 0) is 6.42 Å². The van der Waals surface area contributed by atoms with Gasteiger partial charge in [-0.25, -0.2) is 0 Å². The fourth-order valence-electron chi connectivity index (χ4n) is 1.26. The minimum Gasteiger partial charge on any atom is -0.159 e. The van der Waals surface area contributed by atoms with E-state index in [9.17, 15) is 0 Å². The summed E-state index contributed by atoms with van der Waals surface area (Å²) in [5, 5.41) is 7.83. The molecule has 0 aromatic carbocycles. The summed E-state index contributed by atoms with van der Waals surface area (Å²) in [6.45, 7) is 4.24. The van der Waals surface area contributed by atoms with E-state index in [0.29, 0.717) is 0 Å². The summed E-state index contributed by atoms with van der Waals surface area (Å²) in [5.74, 6) is 0. The van der Waals surface area contributed by atoms with Gasteiger partial charge in [0.25, 0.3) is 0 Å². The van der Waals surface area contributed by atoms with Gasteiger partial charge in [-0.05, 0) is 31.4 Å². The number of hydrogen-bond acceptors (Lipinski definition) is 2. The normalized spacial score (nSPS) is 10.2. The van der Waals surface area contributed by atoms with Crippen LogP contribution in [0.5, 0.6) is 0 Å². The van der Waals surface area contributed by atoms with Gasteiger partial charge in [-0.3, -0.25) is 0 Å². The highest BCUT2D eigenvalue weighted by molar-refractivity contribution is 5.15. The molecule has 0 saturated carbocycles. The molecule has 0 aliphatic rings. The Morgan fingerprint density at radius 3 is 2.83 bits per heavy atom. The van der Waals surface area contributed by atoms with Crippen LogP contribution in [0.4, 0.5) is 0 Å². The largest absolute Gasteiger partial charge is 0.159 e. The summed E-state index contributed by atoms with van der Waals surface area (Å²) in [7, 11) is 0. The van der Waals surface area contributed by atoms with Crippen LogP contribution >= 0.6 is 0 Å². The van der Waals surface area contributed by atoms with Crippen LogP contribution in [0, 0.1) is 6.92 Å². The van der Waals surface area contributed by atoms with Crippen LogP contribution in [0.3, 0.4) is 0 Å². The van der Waals surface area contributed by atoms with Gasteiger partial charge in [0, 0.05) is 6.20 Å². The molecule has 0 aliphatic heterocycles. The SMILES string of the molecule is CCCCCc1ccnnc1C. The summed E-state index contributed by atoms with van der Waals surface area (Å²) in [5.41, 5.74) is 2.42. The van der Waals surface area contributed by atoms with Crippen molar-refractivity contribution in [2.75, 3.05) is 0 Å². The Balaban J connectivity index is 2.46. The molecule has 1 aromatic rings. The average Bonchev–Trinajstić information content (AvgIpc) is 2.09. The highest BCUT2D eigenvalue weighted by Gasteiger charge is 1.97. The molecule has 0 atom stereocenters. The molecule has 0 N–H and O–H groups in total. The predicted molar refractivity (Wildman–Crippen MR) is 50.0 cm³/mol. The zero-order valence-electron chi connectivity index (χ0n) is 7.88. The van der Waals surface area contributed by atoms with Gasteiger partial charge >= 0.3 is 0 Å². The van der Waals surface area contributed by atoms with Crippen LogP contribution < -0.4 is 0 Å². The third-order valence-electron chi connectivity index (χ3n) is 2.06. The van der Waals surface area contributed by atoms with Gasteiger partial charge in [-0.15, -0.1) is 0 Å². The van der Waals surface area contributed by atoms with Crippen molar-refractivity contribution in [1.82, 2.24) is 10.2 Å². The Labute approximate surface area is 74.0 Å². The molecule has 0 aliphatic carbocycles. The Hall–Kier alpha value is -0.920. The molecule has 2 nitrogen and oxygen atoms in total. The molecule has 0 bridgehead atoms. The fourth-order valence-corrected chi connectivity index (χ4v) is 1.26. The van der Waals surface area contributed by atoms with Crippen molar-refractivity contribution in [2.24, 2.45) is 0 Å². The third kappa shape index (κ3) is 2.61. The first-order valence-corrected chi connectivity index (χ1v) is 4.61. The summed E-state index contributed by atoms with van der Waals surface area (Å²) < 4.78 is 0. The first-order chi connectivity index (χ1) is 5.84. The summed E-state index contributed by atoms with van der Waals surface area (Å²) in [6, 6.07) is 2.07. The van der Waals surface area contributed by atoms with Crippen LogP contribution in [0.15, 0.2) is 12.3 Å². The van der Waals surface area contributed by atoms with E-state index in [1.165, 1.54) is 24.8 Å². The van der Waals surface area contributed by atoms with Crippen molar-refractivity contribution in [3.63, 3.8) is 0 Å². The van der Waals surface area contributed by atoms with Gasteiger partial charge in [0.15, 0.2) is 0 Å². The van der Waals surface area contributed by atoms with Crippen molar-refractivity contribution < 1.29 is 0 Å².